The molecule has 0 saturated heterocycles. The molecule has 0 spiro atoms. The molecule has 2 aliphatic rings. The first kappa shape index (κ1) is 43.7. The number of unbranched alkanes of at least 4 members (excludes halogenated alkanes) is 2. The number of allylic oxidation sites excluding steroid dienone is 4. The number of benzene rings is 2. The van der Waals surface area contributed by atoms with Gasteiger partial charge in [-0.05, 0) is 36.8 Å². The van der Waals surface area contributed by atoms with E-state index in [1.165, 1.54) is 71.9 Å². The van der Waals surface area contributed by atoms with Gasteiger partial charge in [-0.25, -0.2) is 12.2 Å². The first-order valence-corrected chi connectivity index (χ1v) is 25.0. The third kappa shape index (κ3) is 14.2. The van der Waals surface area contributed by atoms with E-state index in [-0.39, 0.29) is 24.8 Å². The van der Waals surface area contributed by atoms with Crippen molar-refractivity contribution in [1.29, 1.82) is 0 Å². The molecule has 0 fully saturated rings. The maximum absolute atomic E-state index is 3.81. The summed E-state index contributed by atoms with van der Waals surface area (Å²) in [7, 11) is -2.40. The van der Waals surface area contributed by atoms with E-state index in [4.69, 9.17) is 0 Å². The van der Waals surface area contributed by atoms with Crippen LogP contribution in [-0.4, -0.2) is 19.4 Å². The molecule has 0 aliphatic heterocycles. The van der Waals surface area contributed by atoms with Crippen molar-refractivity contribution in [2.45, 2.75) is 137 Å². The summed E-state index contributed by atoms with van der Waals surface area (Å²) in [5.41, 5.74) is 9.54. The fraction of sp³-hybridized carbons (Fsp3) is 0.564. The Labute approximate surface area is 302 Å². The first-order chi connectivity index (χ1) is 19.7. The van der Waals surface area contributed by atoms with E-state index in [9.17, 15) is 0 Å². The standard InChI is InChI=1S/C25H37Si2.C9H18.C5H5.2ClH.Zr/c1-17(19(3)26(4,5)6)12-20-10-11-23-22(14-20)15-21-13-18(2)25(16-24(21)23)27(7,8)9;1-3-5-7-9-8-6-4-2;1-2-4-5-3-1;;;/h10-11,13,16-17,19H,12,15H2,1-9H3;3-8H2,1-2H3;1-3H,4H2;2*1H;/q-1;;-1;;;+2/p-2. The summed E-state index contributed by atoms with van der Waals surface area (Å²) in [6.07, 6.45) is 20.5. The molecule has 0 saturated carbocycles. The average Bonchev–Trinajstić information content (AvgIpc) is 3.60. The summed E-state index contributed by atoms with van der Waals surface area (Å²) < 4.78 is 1.79. The summed E-state index contributed by atoms with van der Waals surface area (Å²) in [5, 5.41) is 1.61. The van der Waals surface area contributed by atoms with Crippen LogP contribution in [0.4, 0.5) is 0 Å². The Morgan fingerprint density at radius 3 is 1.98 bits per heavy atom. The Hall–Kier alpha value is -0.313. The van der Waals surface area contributed by atoms with Crippen LogP contribution in [0, 0.1) is 25.0 Å². The van der Waals surface area contributed by atoms with Crippen molar-refractivity contribution in [3.8, 4) is 11.1 Å². The van der Waals surface area contributed by atoms with Gasteiger partial charge in [0.15, 0.2) is 0 Å². The van der Waals surface area contributed by atoms with Crippen LogP contribution in [0.3, 0.4) is 0 Å². The number of fused-ring (bicyclic) bond motifs is 3. The van der Waals surface area contributed by atoms with Crippen LogP contribution in [0.1, 0.15) is 94.9 Å². The minimum absolute atomic E-state index is 0. The van der Waals surface area contributed by atoms with E-state index >= 15 is 0 Å². The molecule has 4 rings (SSSR count). The predicted molar refractivity (Wildman–Crippen MR) is 193 cm³/mol. The molecule has 0 heterocycles. The molecule has 0 N–H and O–H groups in total. The van der Waals surface area contributed by atoms with Gasteiger partial charge in [-0.1, -0.05) is 81.6 Å². The van der Waals surface area contributed by atoms with Crippen LogP contribution < -0.4 is 30.0 Å². The average molecular weight is 747 g/mol. The topological polar surface area (TPSA) is 0 Å². The second kappa shape index (κ2) is 20.8. The van der Waals surface area contributed by atoms with Crippen LogP contribution >= 0.6 is 0 Å². The third-order valence-electron chi connectivity index (χ3n) is 9.01. The number of aryl methyl sites for hydroxylation is 1. The van der Waals surface area contributed by atoms with Gasteiger partial charge in [0.2, 0.25) is 0 Å². The minimum atomic E-state index is -1.31. The van der Waals surface area contributed by atoms with Crippen LogP contribution in [0.2, 0.25) is 44.8 Å². The number of halogens is 2. The summed E-state index contributed by atoms with van der Waals surface area (Å²) in [5.74, 6) is 0.732. The van der Waals surface area contributed by atoms with Crippen molar-refractivity contribution >= 4 is 24.5 Å². The first-order valence-electron chi connectivity index (χ1n) is 16.6. The summed E-state index contributed by atoms with van der Waals surface area (Å²) in [6.45, 7) is 26.6. The maximum Gasteiger partial charge on any atom is 0.0779 e. The largest absolute Gasteiger partial charge is 1.00 e. The fourth-order valence-corrected chi connectivity index (χ4v) is 10.4. The van der Waals surface area contributed by atoms with Gasteiger partial charge in [-0.2, -0.15) is 29.8 Å². The van der Waals surface area contributed by atoms with Crippen molar-refractivity contribution in [3.63, 3.8) is 0 Å². The predicted octanol–water partition coefficient (Wildman–Crippen LogP) is 5.22. The second-order valence-electron chi connectivity index (χ2n) is 14.8. The Kier molecular flexibility index (Phi) is 20.7. The van der Waals surface area contributed by atoms with E-state index in [1.807, 2.05) is 12.2 Å². The monoisotopic (exact) mass is 744 g/mol. The van der Waals surface area contributed by atoms with Crippen LogP contribution in [0.25, 0.3) is 11.1 Å². The smallest absolute Gasteiger partial charge is 0.0779 e. The van der Waals surface area contributed by atoms with E-state index in [0.29, 0.717) is 0 Å². The SMILES string of the molecule is CCCC[C](=[Zr+2])CCCC.Cc1cc2c(cc1[Si](C)(C)C)-c1ccc(CC(C)C(C)[Si](C)(C)C)[c-]c1C2.[C-]1=CC=CC1.[Cl-].[Cl-]. The number of hydrogen-bond acceptors (Lipinski definition) is 0. The van der Waals surface area contributed by atoms with Gasteiger partial charge < -0.3 is 24.8 Å². The van der Waals surface area contributed by atoms with Crippen molar-refractivity contribution in [2.75, 3.05) is 0 Å². The molecule has 44 heavy (non-hydrogen) atoms. The van der Waals surface area contributed by atoms with Crippen molar-refractivity contribution in [1.82, 2.24) is 0 Å². The van der Waals surface area contributed by atoms with Gasteiger partial charge in [-0.3, -0.25) is 6.08 Å². The molecule has 0 radical (unpaired) electrons. The van der Waals surface area contributed by atoms with Crippen molar-refractivity contribution < 1.29 is 49.0 Å². The zero-order valence-corrected chi connectivity index (χ0v) is 35.8. The Bertz CT molecular complexity index is 1200. The molecular formula is C39H60Cl2Si2Zr-2. The van der Waals surface area contributed by atoms with E-state index < -0.39 is 16.1 Å². The maximum atomic E-state index is 3.81. The van der Waals surface area contributed by atoms with Gasteiger partial charge in [-0.15, -0.1) is 17.5 Å². The summed E-state index contributed by atoms with van der Waals surface area (Å²) in [4.78, 5) is 0. The van der Waals surface area contributed by atoms with Gasteiger partial charge in [0.25, 0.3) is 0 Å². The van der Waals surface area contributed by atoms with Crippen molar-refractivity contribution in [3.05, 3.63) is 76.9 Å². The van der Waals surface area contributed by atoms with E-state index in [2.05, 4.69) is 116 Å². The van der Waals surface area contributed by atoms with E-state index in [0.717, 1.165) is 30.7 Å². The van der Waals surface area contributed by atoms with Crippen LogP contribution in [0.5, 0.6) is 0 Å². The van der Waals surface area contributed by atoms with Crippen LogP contribution in [-0.2, 0) is 37.1 Å². The quantitative estimate of drug-likeness (QED) is 0.187. The van der Waals surface area contributed by atoms with Gasteiger partial charge >= 0.3 is 79.8 Å². The molecule has 244 valence electrons. The number of rotatable bonds is 11. The van der Waals surface area contributed by atoms with E-state index in [1.54, 1.807) is 32.6 Å². The molecule has 2 aliphatic carbocycles. The zero-order valence-electron chi connectivity index (χ0n) is 29.8. The Balaban J connectivity index is 0.000000902. The molecule has 2 aromatic rings. The van der Waals surface area contributed by atoms with Gasteiger partial charge in [0.1, 0.15) is 0 Å². The van der Waals surface area contributed by atoms with Gasteiger partial charge in [0.05, 0.1) is 8.07 Å². The molecule has 0 aromatic heterocycles. The zero-order chi connectivity index (χ0) is 31.5. The fourth-order valence-electron chi connectivity index (χ4n) is 5.88. The van der Waals surface area contributed by atoms with Gasteiger partial charge in [0, 0.05) is 8.07 Å². The molecular weight excluding hydrogens is 687 g/mol. The molecule has 0 bridgehead atoms. The summed E-state index contributed by atoms with van der Waals surface area (Å²) in [6, 6.07) is 13.5. The van der Waals surface area contributed by atoms with Crippen molar-refractivity contribution in [2.24, 2.45) is 5.92 Å². The molecule has 2 aromatic carbocycles. The molecule has 2 atom stereocenters. The minimum Gasteiger partial charge on any atom is -1.00 e. The molecule has 0 amide bonds. The molecule has 5 heteroatoms. The second-order valence-corrected chi connectivity index (χ2v) is 27.2. The summed E-state index contributed by atoms with van der Waals surface area (Å²) >= 11 is 1.67. The molecule has 0 nitrogen and oxygen atoms in total. The van der Waals surface area contributed by atoms with Crippen LogP contribution in [0.15, 0.2) is 42.5 Å². The Morgan fingerprint density at radius 2 is 1.52 bits per heavy atom. The third-order valence-corrected chi connectivity index (χ3v) is 15.7. The normalized spacial score (nSPS) is 14.1. The Morgan fingerprint density at radius 1 is 0.909 bits per heavy atom. The number of hydrogen-bond donors (Lipinski definition) is 0. The molecule has 2 unspecified atom stereocenters.